The van der Waals surface area contributed by atoms with Crippen molar-refractivity contribution in [1.29, 1.82) is 0 Å². The van der Waals surface area contributed by atoms with Gasteiger partial charge in [0, 0.05) is 17.0 Å². The summed E-state index contributed by atoms with van der Waals surface area (Å²) in [5, 5.41) is 3.73. The third-order valence-electron chi connectivity index (χ3n) is 4.16. The van der Waals surface area contributed by atoms with Crippen LogP contribution in [0, 0.1) is 5.82 Å². The fraction of sp³-hybridized carbons (Fsp3) is 0.158. The zero-order valence-corrected chi connectivity index (χ0v) is 13.5. The van der Waals surface area contributed by atoms with Crippen LogP contribution in [-0.4, -0.2) is 10.9 Å². The molecule has 0 spiro atoms. The van der Waals surface area contributed by atoms with E-state index in [0.717, 1.165) is 29.4 Å². The van der Waals surface area contributed by atoms with E-state index >= 15 is 0 Å². The van der Waals surface area contributed by atoms with Gasteiger partial charge < -0.3 is 5.32 Å². The summed E-state index contributed by atoms with van der Waals surface area (Å²) in [5.74, 6) is -0.275. The van der Waals surface area contributed by atoms with Gasteiger partial charge in [0.1, 0.15) is 5.82 Å². The molecule has 2 aromatic carbocycles. The van der Waals surface area contributed by atoms with Crippen molar-refractivity contribution in [3.63, 3.8) is 0 Å². The molecule has 1 saturated carbocycles. The van der Waals surface area contributed by atoms with Crippen LogP contribution in [0.15, 0.2) is 48.5 Å². The largest absolute Gasteiger partial charge is 0.321 e. The molecule has 1 fully saturated rings. The Balaban J connectivity index is 1.75. The van der Waals surface area contributed by atoms with Crippen molar-refractivity contribution in [2.75, 3.05) is 5.32 Å². The van der Waals surface area contributed by atoms with Crippen molar-refractivity contribution >= 4 is 34.1 Å². The van der Waals surface area contributed by atoms with Crippen LogP contribution in [0.25, 0.3) is 10.9 Å². The second-order valence-electron chi connectivity index (χ2n) is 5.96. The average Bonchev–Trinajstić information content (AvgIpc) is 3.41. The predicted octanol–water partition coefficient (Wildman–Crippen LogP) is 5.16. The number of amides is 1. The zero-order chi connectivity index (χ0) is 16.7. The van der Waals surface area contributed by atoms with Crippen LogP contribution in [0.3, 0.4) is 0 Å². The summed E-state index contributed by atoms with van der Waals surface area (Å²) < 4.78 is 13.2. The Bertz CT molecular complexity index is 953. The standard InChI is InChI=1S/C19H14ClFN2O/c20-15-9-12(21)7-8-17(15)23-19(24)14-10-18(11-5-6-11)22-16-4-2-1-3-13(14)16/h1-4,7-11H,5-6H2,(H,23,24). The second kappa shape index (κ2) is 5.87. The molecule has 0 atom stereocenters. The minimum atomic E-state index is -0.441. The van der Waals surface area contributed by atoms with E-state index < -0.39 is 5.82 Å². The van der Waals surface area contributed by atoms with Gasteiger partial charge in [-0.3, -0.25) is 9.78 Å². The molecule has 0 unspecified atom stereocenters. The van der Waals surface area contributed by atoms with E-state index in [1.54, 1.807) is 0 Å². The minimum Gasteiger partial charge on any atom is -0.321 e. The SMILES string of the molecule is O=C(Nc1ccc(F)cc1Cl)c1cc(C2CC2)nc2ccccc12. The molecular weight excluding hydrogens is 327 g/mol. The van der Waals surface area contributed by atoms with Crippen LogP contribution in [0.2, 0.25) is 5.02 Å². The number of halogens is 2. The van der Waals surface area contributed by atoms with Crippen LogP contribution in [-0.2, 0) is 0 Å². The smallest absolute Gasteiger partial charge is 0.256 e. The third-order valence-corrected chi connectivity index (χ3v) is 4.47. The molecule has 1 aliphatic rings. The Morgan fingerprint density at radius 1 is 1.17 bits per heavy atom. The van der Waals surface area contributed by atoms with Crippen molar-refractivity contribution < 1.29 is 9.18 Å². The highest BCUT2D eigenvalue weighted by Gasteiger charge is 2.27. The minimum absolute atomic E-state index is 0.170. The number of rotatable bonds is 3. The maximum atomic E-state index is 13.2. The summed E-state index contributed by atoms with van der Waals surface area (Å²) in [4.78, 5) is 17.4. The number of benzene rings is 2. The molecule has 3 aromatic rings. The van der Waals surface area contributed by atoms with Crippen molar-refractivity contribution in [1.82, 2.24) is 4.98 Å². The van der Waals surface area contributed by atoms with Crippen molar-refractivity contribution in [3.05, 3.63) is 70.6 Å². The van der Waals surface area contributed by atoms with Crippen molar-refractivity contribution in [2.24, 2.45) is 0 Å². The normalized spacial score (nSPS) is 13.9. The Labute approximate surface area is 143 Å². The lowest BCUT2D eigenvalue weighted by Gasteiger charge is -2.11. The maximum absolute atomic E-state index is 13.2. The van der Waals surface area contributed by atoms with Gasteiger partial charge in [0.2, 0.25) is 0 Å². The molecule has 24 heavy (non-hydrogen) atoms. The molecule has 0 saturated heterocycles. The number of aromatic nitrogens is 1. The molecule has 0 radical (unpaired) electrons. The number of carbonyl (C=O) groups excluding carboxylic acids is 1. The van der Waals surface area contributed by atoms with Crippen LogP contribution >= 0.6 is 11.6 Å². The molecular formula is C19H14ClFN2O. The summed E-state index contributed by atoms with van der Waals surface area (Å²) >= 11 is 6.00. The lowest BCUT2D eigenvalue weighted by Crippen LogP contribution is -2.14. The number of nitrogens with zero attached hydrogens (tertiary/aromatic N) is 1. The van der Waals surface area contributed by atoms with Gasteiger partial charge in [-0.25, -0.2) is 4.39 Å². The van der Waals surface area contributed by atoms with E-state index in [2.05, 4.69) is 10.3 Å². The number of fused-ring (bicyclic) bond motifs is 1. The summed E-state index contributed by atoms with van der Waals surface area (Å²) in [5.41, 5.74) is 2.70. The average molecular weight is 341 g/mol. The summed E-state index contributed by atoms with van der Waals surface area (Å²) in [7, 11) is 0. The summed E-state index contributed by atoms with van der Waals surface area (Å²) in [6.45, 7) is 0. The molecule has 1 heterocycles. The van der Waals surface area contributed by atoms with E-state index in [1.807, 2.05) is 30.3 Å². The fourth-order valence-corrected chi connectivity index (χ4v) is 2.97. The first-order valence-corrected chi connectivity index (χ1v) is 8.16. The highest BCUT2D eigenvalue weighted by Crippen LogP contribution is 2.40. The molecule has 0 aliphatic heterocycles. The van der Waals surface area contributed by atoms with Gasteiger partial charge in [-0.05, 0) is 43.2 Å². The molecule has 3 nitrogen and oxygen atoms in total. The number of hydrogen-bond donors (Lipinski definition) is 1. The van der Waals surface area contributed by atoms with Crippen LogP contribution < -0.4 is 5.32 Å². The van der Waals surface area contributed by atoms with Gasteiger partial charge in [0.25, 0.3) is 5.91 Å². The van der Waals surface area contributed by atoms with Gasteiger partial charge >= 0.3 is 0 Å². The number of nitrogens with one attached hydrogen (secondary N) is 1. The number of pyridine rings is 1. The van der Waals surface area contributed by atoms with Crippen LogP contribution in [0.5, 0.6) is 0 Å². The first kappa shape index (κ1) is 15.1. The van der Waals surface area contributed by atoms with Crippen LogP contribution in [0.1, 0.15) is 34.8 Å². The van der Waals surface area contributed by atoms with E-state index in [-0.39, 0.29) is 10.9 Å². The fourth-order valence-electron chi connectivity index (χ4n) is 2.75. The predicted molar refractivity (Wildman–Crippen MR) is 93.1 cm³/mol. The highest BCUT2D eigenvalue weighted by atomic mass is 35.5. The Morgan fingerprint density at radius 3 is 2.71 bits per heavy atom. The maximum Gasteiger partial charge on any atom is 0.256 e. The number of hydrogen-bond acceptors (Lipinski definition) is 2. The molecule has 120 valence electrons. The Morgan fingerprint density at radius 2 is 1.96 bits per heavy atom. The number of anilines is 1. The Hall–Kier alpha value is -2.46. The zero-order valence-electron chi connectivity index (χ0n) is 12.7. The van der Waals surface area contributed by atoms with Gasteiger partial charge in [-0.1, -0.05) is 29.8 Å². The quantitative estimate of drug-likeness (QED) is 0.715. The first-order chi connectivity index (χ1) is 11.6. The molecule has 4 rings (SSSR count). The lowest BCUT2D eigenvalue weighted by atomic mass is 10.1. The first-order valence-electron chi connectivity index (χ1n) is 7.78. The van der Waals surface area contributed by atoms with E-state index in [0.29, 0.717) is 17.2 Å². The molecule has 1 amide bonds. The summed E-state index contributed by atoms with van der Waals surface area (Å²) in [6.07, 6.45) is 2.21. The van der Waals surface area contributed by atoms with Gasteiger partial charge in [0.05, 0.1) is 21.8 Å². The third kappa shape index (κ3) is 2.85. The number of carbonyl (C=O) groups is 1. The molecule has 1 aliphatic carbocycles. The molecule has 5 heteroatoms. The molecule has 1 aromatic heterocycles. The van der Waals surface area contributed by atoms with Crippen molar-refractivity contribution in [3.8, 4) is 0 Å². The van der Waals surface area contributed by atoms with Crippen LogP contribution in [0.4, 0.5) is 10.1 Å². The topological polar surface area (TPSA) is 42.0 Å². The lowest BCUT2D eigenvalue weighted by molar-refractivity contribution is 0.102. The monoisotopic (exact) mass is 340 g/mol. The van der Waals surface area contributed by atoms with Gasteiger partial charge in [-0.15, -0.1) is 0 Å². The molecule has 0 bridgehead atoms. The number of para-hydroxylation sites is 1. The van der Waals surface area contributed by atoms with E-state index in [1.165, 1.54) is 18.2 Å². The van der Waals surface area contributed by atoms with Gasteiger partial charge in [-0.2, -0.15) is 0 Å². The van der Waals surface area contributed by atoms with E-state index in [4.69, 9.17) is 11.6 Å². The van der Waals surface area contributed by atoms with Crippen molar-refractivity contribution in [2.45, 2.75) is 18.8 Å². The summed E-state index contributed by atoms with van der Waals surface area (Å²) in [6, 6.07) is 13.3. The highest BCUT2D eigenvalue weighted by molar-refractivity contribution is 6.34. The second-order valence-corrected chi connectivity index (χ2v) is 6.37. The Kier molecular flexibility index (Phi) is 3.69. The van der Waals surface area contributed by atoms with Gasteiger partial charge in [0.15, 0.2) is 0 Å². The van der Waals surface area contributed by atoms with E-state index in [9.17, 15) is 9.18 Å². The molecule has 1 N–H and O–H groups in total.